The first-order valence-electron chi connectivity index (χ1n) is 9.44. The summed E-state index contributed by atoms with van der Waals surface area (Å²) in [7, 11) is 0. The highest BCUT2D eigenvalue weighted by molar-refractivity contribution is 8.00. The molecule has 0 aromatic heterocycles. The van der Waals surface area contributed by atoms with E-state index >= 15 is 0 Å². The Labute approximate surface area is 171 Å². The zero-order chi connectivity index (χ0) is 21.0. The fourth-order valence-electron chi connectivity index (χ4n) is 3.59. The highest BCUT2D eigenvalue weighted by Gasteiger charge is 2.40. The molecular weight excluding hydrogens is 404 g/mol. The molecule has 2 heterocycles. The Morgan fingerprint density at radius 1 is 1.28 bits per heavy atom. The van der Waals surface area contributed by atoms with Gasteiger partial charge in [-0.05, 0) is 37.1 Å². The molecule has 4 unspecified atom stereocenters. The van der Waals surface area contributed by atoms with Crippen LogP contribution >= 0.6 is 11.8 Å². The second kappa shape index (κ2) is 9.43. The molecule has 0 saturated carbocycles. The van der Waals surface area contributed by atoms with Gasteiger partial charge >= 0.3 is 6.09 Å². The van der Waals surface area contributed by atoms with Crippen LogP contribution in [0, 0.1) is 5.92 Å². The predicted octanol–water partition coefficient (Wildman–Crippen LogP) is 2.69. The van der Waals surface area contributed by atoms with E-state index in [1.54, 1.807) is 31.2 Å². The second-order valence-electron chi connectivity index (χ2n) is 6.87. The topological polar surface area (TPSA) is 96.5 Å². The summed E-state index contributed by atoms with van der Waals surface area (Å²) in [5.74, 6) is -1.64. The van der Waals surface area contributed by atoms with E-state index in [1.165, 1.54) is 11.8 Å². The van der Waals surface area contributed by atoms with Gasteiger partial charge in [0.05, 0.1) is 29.9 Å². The van der Waals surface area contributed by atoms with Gasteiger partial charge in [0.2, 0.25) is 11.8 Å². The molecule has 0 bridgehead atoms. The van der Waals surface area contributed by atoms with Crippen LogP contribution in [0.5, 0.6) is 0 Å². The molecule has 0 aliphatic carbocycles. The molecule has 158 valence electrons. The fourth-order valence-corrected chi connectivity index (χ4v) is 4.92. The molecule has 10 heteroatoms. The maximum atomic E-state index is 13.3. The quantitative estimate of drug-likeness (QED) is 0.669. The number of alkyl halides is 2. The predicted molar refractivity (Wildman–Crippen MR) is 105 cm³/mol. The average Bonchev–Trinajstić information content (AvgIpc) is 3.15. The number of amides is 3. The number of halogens is 2. The number of alkyl carbamates (subject to hydrolysis) is 1. The van der Waals surface area contributed by atoms with Crippen molar-refractivity contribution in [3.63, 3.8) is 0 Å². The van der Waals surface area contributed by atoms with Crippen molar-refractivity contribution in [1.82, 2.24) is 10.6 Å². The number of hydrogen-bond donors (Lipinski definition) is 3. The molecule has 0 spiro atoms. The molecular formula is C19H23F2N3O4S. The van der Waals surface area contributed by atoms with Crippen LogP contribution in [0.25, 0.3) is 0 Å². The number of nitrogens with one attached hydrogen (secondary N) is 3. The Kier molecular flexibility index (Phi) is 6.94. The SMILES string of the molecule is CCOC(=O)NC(=O)C1CCSC1NC(=O)C1CC(C(F)F)Nc2ccccc21. The van der Waals surface area contributed by atoms with Crippen molar-refractivity contribution in [2.24, 2.45) is 5.92 Å². The van der Waals surface area contributed by atoms with Gasteiger partial charge in [-0.3, -0.25) is 14.9 Å². The van der Waals surface area contributed by atoms with Crippen molar-refractivity contribution in [1.29, 1.82) is 0 Å². The van der Waals surface area contributed by atoms with Gasteiger partial charge in [-0.15, -0.1) is 11.8 Å². The molecule has 3 rings (SSSR count). The van der Waals surface area contributed by atoms with Crippen LogP contribution in [-0.2, 0) is 14.3 Å². The summed E-state index contributed by atoms with van der Waals surface area (Å²) in [6, 6.07) is 5.76. The zero-order valence-electron chi connectivity index (χ0n) is 15.8. The van der Waals surface area contributed by atoms with Gasteiger partial charge in [0.25, 0.3) is 6.43 Å². The van der Waals surface area contributed by atoms with Gasteiger partial charge in [0.1, 0.15) is 0 Å². The first kappa shape index (κ1) is 21.4. The highest BCUT2D eigenvalue weighted by atomic mass is 32.2. The van der Waals surface area contributed by atoms with Gasteiger partial charge in [0.15, 0.2) is 0 Å². The lowest BCUT2D eigenvalue weighted by Gasteiger charge is -2.33. The number of carbonyl (C=O) groups excluding carboxylic acids is 3. The summed E-state index contributed by atoms with van der Waals surface area (Å²) in [5, 5.41) is 7.24. The van der Waals surface area contributed by atoms with Crippen molar-refractivity contribution in [2.45, 2.75) is 43.5 Å². The number of anilines is 1. The Morgan fingerprint density at radius 3 is 2.76 bits per heavy atom. The van der Waals surface area contributed by atoms with E-state index in [4.69, 9.17) is 4.74 Å². The van der Waals surface area contributed by atoms with Gasteiger partial charge in [-0.2, -0.15) is 0 Å². The number of thioether (sulfide) groups is 1. The van der Waals surface area contributed by atoms with Gasteiger partial charge < -0.3 is 15.4 Å². The summed E-state index contributed by atoms with van der Waals surface area (Å²) >= 11 is 1.39. The van der Waals surface area contributed by atoms with Crippen molar-refractivity contribution < 1.29 is 27.9 Å². The molecule has 3 N–H and O–H groups in total. The molecule has 1 aromatic carbocycles. The minimum absolute atomic E-state index is 0.0441. The van der Waals surface area contributed by atoms with E-state index in [0.29, 0.717) is 23.4 Å². The molecule has 0 radical (unpaired) electrons. The van der Waals surface area contributed by atoms with Gasteiger partial charge in [-0.1, -0.05) is 18.2 Å². The summed E-state index contributed by atoms with van der Waals surface area (Å²) < 4.78 is 31.3. The lowest BCUT2D eigenvalue weighted by atomic mass is 9.86. The van der Waals surface area contributed by atoms with E-state index in [2.05, 4.69) is 16.0 Å². The molecule has 1 saturated heterocycles. The van der Waals surface area contributed by atoms with E-state index in [9.17, 15) is 23.2 Å². The third-order valence-corrected chi connectivity index (χ3v) is 6.28. The first-order chi connectivity index (χ1) is 13.9. The van der Waals surface area contributed by atoms with Crippen LogP contribution in [-0.4, -0.2) is 48.1 Å². The number of rotatable bonds is 5. The van der Waals surface area contributed by atoms with E-state index in [-0.39, 0.29) is 13.0 Å². The monoisotopic (exact) mass is 427 g/mol. The van der Waals surface area contributed by atoms with Gasteiger partial charge in [-0.25, -0.2) is 13.6 Å². The molecule has 2 aliphatic rings. The highest BCUT2D eigenvalue weighted by Crippen LogP contribution is 2.37. The second-order valence-corrected chi connectivity index (χ2v) is 8.12. The first-order valence-corrected chi connectivity index (χ1v) is 10.5. The molecule has 3 amide bonds. The zero-order valence-corrected chi connectivity index (χ0v) is 16.6. The number of fused-ring (bicyclic) bond motifs is 1. The van der Waals surface area contributed by atoms with Crippen molar-refractivity contribution >= 4 is 35.4 Å². The maximum Gasteiger partial charge on any atom is 0.413 e. The molecule has 1 fully saturated rings. The summed E-state index contributed by atoms with van der Waals surface area (Å²) in [6.45, 7) is 1.77. The largest absolute Gasteiger partial charge is 0.450 e. The smallest absolute Gasteiger partial charge is 0.413 e. The number of carbonyl (C=O) groups is 3. The summed E-state index contributed by atoms with van der Waals surface area (Å²) in [5.41, 5.74) is 1.16. The number of benzene rings is 1. The molecule has 4 atom stereocenters. The Bertz CT molecular complexity index is 780. The van der Waals surface area contributed by atoms with Crippen LogP contribution in [0.15, 0.2) is 24.3 Å². The van der Waals surface area contributed by atoms with Crippen molar-refractivity contribution in [2.75, 3.05) is 17.7 Å². The van der Waals surface area contributed by atoms with Crippen LogP contribution in [0.4, 0.5) is 19.3 Å². The third kappa shape index (κ3) is 4.98. The number of para-hydroxylation sites is 1. The van der Waals surface area contributed by atoms with Crippen LogP contribution in [0.2, 0.25) is 0 Å². The van der Waals surface area contributed by atoms with E-state index in [0.717, 1.165) is 0 Å². The summed E-state index contributed by atoms with van der Waals surface area (Å²) in [4.78, 5) is 36.8. The lowest BCUT2D eigenvalue weighted by molar-refractivity contribution is -0.126. The minimum Gasteiger partial charge on any atom is -0.450 e. The number of imide groups is 1. The molecule has 29 heavy (non-hydrogen) atoms. The average molecular weight is 427 g/mol. The fraction of sp³-hybridized carbons (Fsp3) is 0.526. The Hall–Kier alpha value is -2.36. The normalized spacial score (nSPS) is 25.7. The molecule has 2 aliphatic heterocycles. The number of hydrogen-bond acceptors (Lipinski definition) is 6. The Balaban J connectivity index is 1.70. The molecule has 1 aromatic rings. The van der Waals surface area contributed by atoms with Crippen LogP contribution in [0.3, 0.4) is 0 Å². The van der Waals surface area contributed by atoms with Crippen LogP contribution < -0.4 is 16.0 Å². The third-order valence-electron chi connectivity index (χ3n) is 5.00. The van der Waals surface area contributed by atoms with Crippen LogP contribution in [0.1, 0.15) is 31.2 Å². The lowest BCUT2D eigenvalue weighted by Crippen LogP contribution is -2.47. The van der Waals surface area contributed by atoms with E-state index in [1.807, 2.05) is 0 Å². The molecule has 7 nitrogen and oxygen atoms in total. The van der Waals surface area contributed by atoms with Crippen molar-refractivity contribution in [3.05, 3.63) is 29.8 Å². The standard InChI is InChI=1S/C19H23F2N3O4S/c1-2-28-19(27)24-16(25)11-7-8-29-18(11)23-17(26)12-9-14(15(20)21)22-13-6-4-3-5-10(12)13/h3-6,11-12,14-15,18,22H,2,7-9H2,1H3,(H,23,26)(H,24,25,27). The Morgan fingerprint density at radius 2 is 2.03 bits per heavy atom. The summed E-state index contributed by atoms with van der Waals surface area (Å²) in [6.07, 6.45) is -2.99. The van der Waals surface area contributed by atoms with Crippen molar-refractivity contribution in [3.8, 4) is 0 Å². The van der Waals surface area contributed by atoms with E-state index < -0.39 is 47.6 Å². The number of ether oxygens (including phenoxy) is 1. The van der Waals surface area contributed by atoms with Gasteiger partial charge in [0, 0.05) is 5.69 Å². The minimum atomic E-state index is -2.61. The maximum absolute atomic E-state index is 13.3.